The summed E-state index contributed by atoms with van der Waals surface area (Å²) in [6.07, 6.45) is 1.78. The van der Waals surface area contributed by atoms with Crippen LogP contribution in [0.2, 0.25) is 0 Å². The molecule has 2 aromatic carbocycles. The number of hydrogen-bond donors (Lipinski definition) is 2. The van der Waals surface area contributed by atoms with Gasteiger partial charge in [0, 0.05) is 29.9 Å². The second-order valence-corrected chi connectivity index (χ2v) is 5.90. The quantitative estimate of drug-likeness (QED) is 0.404. The van der Waals surface area contributed by atoms with E-state index in [0.29, 0.717) is 12.1 Å². The third-order valence-electron chi connectivity index (χ3n) is 3.78. The Bertz CT molecular complexity index is 896. The van der Waals surface area contributed by atoms with Crippen LogP contribution in [-0.4, -0.2) is 28.2 Å². The normalized spacial score (nSPS) is 10.2. The van der Waals surface area contributed by atoms with Gasteiger partial charge in [-0.1, -0.05) is 19.4 Å². The number of amides is 2. The average molecular weight is 386 g/mol. The van der Waals surface area contributed by atoms with Gasteiger partial charge >= 0.3 is 0 Å². The van der Waals surface area contributed by atoms with Gasteiger partial charge in [0.15, 0.2) is 0 Å². The molecule has 0 saturated carbocycles. The summed E-state index contributed by atoms with van der Waals surface area (Å²) >= 11 is 0. The van der Waals surface area contributed by atoms with Crippen LogP contribution in [0.1, 0.15) is 40.5 Å². The first-order chi connectivity index (χ1) is 13.3. The van der Waals surface area contributed by atoms with Crippen LogP contribution in [0.5, 0.6) is 0 Å². The fourth-order valence-electron chi connectivity index (χ4n) is 2.36. The Morgan fingerprint density at radius 3 is 2.14 bits per heavy atom. The van der Waals surface area contributed by atoms with Gasteiger partial charge in [0.1, 0.15) is 0 Å². The van der Waals surface area contributed by atoms with E-state index in [4.69, 9.17) is 0 Å². The molecular formula is C18H18N4O6. The number of non-ortho nitro benzene ring substituents is 2. The molecule has 28 heavy (non-hydrogen) atoms. The number of unbranched alkanes of at least 4 members (excludes halogenated alkanes) is 1. The highest BCUT2D eigenvalue weighted by Gasteiger charge is 2.20. The zero-order valence-electron chi connectivity index (χ0n) is 15.0. The molecule has 0 heterocycles. The molecule has 2 N–H and O–H groups in total. The molecule has 0 atom stereocenters. The van der Waals surface area contributed by atoms with E-state index < -0.39 is 27.1 Å². The zero-order chi connectivity index (χ0) is 20.7. The molecule has 0 aliphatic rings. The van der Waals surface area contributed by atoms with E-state index in [9.17, 15) is 29.8 Å². The topological polar surface area (TPSA) is 144 Å². The largest absolute Gasteiger partial charge is 0.352 e. The zero-order valence-corrected chi connectivity index (χ0v) is 15.0. The first-order valence-electron chi connectivity index (χ1n) is 8.45. The highest BCUT2D eigenvalue weighted by atomic mass is 16.6. The summed E-state index contributed by atoms with van der Waals surface area (Å²) in [5.74, 6) is -1.06. The maximum Gasteiger partial charge on any atom is 0.277 e. The highest BCUT2D eigenvalue weighted by Crippen LogP contribution is 2.23. The number of carbonyl (C=O) groups excluding carboxylic acids is 2. The van der Waals surface area contributed by atoms with Crippen LogP contribution < -0.4 is 10.6 Å². The van der Waals surface area contributed by atoms with Crippen molar-refractivity contribution in [2.45, 2.75) is 19.8 Å². The molecule has 0 unspecified atom stereocenters. The number of nitro groups is 2. The van der Waals surface area contributed by atoms with Gasteiger partial charge in [-0.25, -0.2) is 0 Å². The molecule has 10 heteroatoms. The Morgan fingerprint density at radius 2 is 1.57 bits per heavy atom. The lowest BCUT2D eigenvalue weighted by Crippen LogP contribution is -2.24. The van der Waals surface area contributed by atoms with E-state index in [1.165, 1.54) is 12.1 Å². The lowest BCUT2D eigenvalue weighted by molar-refractivity contribution is -0.394. The Balaban J connectivity index is 2.21. The van der Waals surface area contributed by atoms with E-state index >= 15 is 0 Å². The molecule has 2 rings (SSSR count). The Morgan fingerprint density at radius 1 is 0.929 bits per heavy atom. The molecule has 0 aliphatic carbocycles. The second-order valence-electron chi connectivity index (χ2n) is 5.90. The van der Waals surface area contributed by atoms with Crippen molar-refractivity contribution >= 4 is 28.9 Å². The number of benzene rings is 2. The van der Waals surface area contributed by atoms with Gasteiger partial charge in [-0.2, -0.15) is 0 Å². The van der Waals surface area contributed by atoms with Gasteiger partial charge in [0.25, 0.3) is 23.2 Å². The molecule has 0 radical (unpaired) electrons. The Hall–Kier alpha value is -3.82. The fourth-order valence-corrected chi connectivity index (χ4v) is 2.36. The average Bonchev–Trinajstić information content (AvgIpc) is 2.67. The molecule has 0 aromatic heterocycles. The van der Waals surface area contributed by atoms with Crippen LogP contribution in [-0.2, 0) is 0 Å². The Kier molecular flexibility index (Phi) is 6.74. The number of rotatable bonds is 8. The molecule has 0 aliphatic heterocycles. The minimum Gasteiger partial charge on any atom is -0.352 e. The number of nitrogens with zero attached hydrogens (tertiary/aromatic N) is 2. The second kappa shape index (κ2) is 9.21. The molecule has 0 fully saturated rings. The molecular weight excluding hydrogens is 368 g/mol. The van der Waals surface area contributed by atoms with Crippen LogP contribution in [0.4, 0.5) is 17.1 Å². The summed E-state index contributed by atoms with van der Waals surface area (Å²) in [5, 5.41) is 27.1. The first kappa shape index (κ1) is 20.5. The van der Waals surface area contributed by atoms with Crippen molar-refractivity contribution in [1.82, 2.24) is 5.32 Å². The molecule has 2 aromatic rings. The third kappa shape index (κ3) is 5.34. The molecule has 0 spiro atoms. The van der Waals surface area contributed by atoms with Crippen molar-refractivity contribution < 1.29 is 19.4 Å². The van der Waals surface area contributed by atoms with Gasteiger partial charge in [-0.3, -0.25) is 29.8 Å². The van der Waals surface area contributed by atoms with E-state index in [1.54, 1.807) is 12.1 Å². The number of nitro benzene ring substituents is 2. The van der Waals surface area contributed by atoms with Gasteiger partial charge < -0.3 is 10.6 Å². The first-order valence-corrected chi connectivity index (χ1v) is 8.45. The summed E-state index contributed by atoms with van der Waals surface area (Å²) < 4.78 is 0. The standard InChI is InChI=1S/C18H18N4O6/c1-2-3-7-19-17(23)12-5-4-6-14(8-12)20-18(24)13-9-15(21(25)26)11-16(10-13)22(27)28/h4-6,8-11H,2-3,7H2,1H3,(H,19,23)(H,20,24). The van der Waals surface area contributed by atoms with E-state index in [0.717, 1.165) is 31.0 Å². The lowest BCUT2D eigenvalue weighted by atomic mass is 10.1. The molecule has 10 nitrogen and oxygen atoms in total. The smallest absolute Gasteiger partial charge is 0.277 e. The fraction of sp³-hybridized carbons (Fsp3) is 0.222. The van der Waals surface area contributed by atoms with Crippen molar-refractivity contribution in [3.63, 3.8) is 0 Å². The number of hydrogen-bond acceptors (Lipinski definition) is 6. The maximum atomic E-state index is 12.4. The molecule has 2 amide bonds. The molecule has 146 valence electrons. The Labute approximate surface area is 159 Å². The number of nitrogens with one attached hydrogen (secondary N) is 2. The van der Waals surface area contributed by atoms with Crippen molar-refractivity contribution in [2.24, 2.45) is 0 Å². The summed E-state index contributed by atoms with van der Waals surface area (Å²) in [7, 11) is 0. The van der Waals surface area contributed by atoms with Gasteiger partial charge in [-0.15, -0.1) is 0 Å². The van der Waals surface area contributed by atoms with Gasteiger partial charge in [-0.05, 0) is 24.6 Å². The van der Waals surface area contributed by atoms with Crippen LogP contribution in [0.15, 0.2) is 42.5 Å². The number of anilines is 1. The van der Waals surface area contributed by atoms with Crippen molar-refractivity contribution in [3.05, 3.63) is 73.8 Å². The lowest BCUT2D eigenvalue weighted by Gasteiger charge is -2.08. The third-order valence-corrected chi connectivity index (χ3v) is 3.78. The monoisotopic (exact) mass is 386 g/mol. The summed E-state index contributed by atoms with van der Waals surface area (Å²) in [6, 6.07) is 8.80. The van der Waals surface area contributed by atoms with Crippen LogP contribution in [0.3, 0.4) is 0 Å². The highest BCUT2D eigenvalue weighted by molar-refractivity contribution is 6.05. The van der Waals surface area contributed by atoms with Crippen LogP contribution in [0, 0.1) is 20.2 Å². The molecule has 0 bridgehead atoms. The van der Waals surface area contributed by atoms with E-state index in [2.05, 4.69) is 10.6 Å². The van der Waals surface area contributed by atoms with Crippen molar-refractivity contribution in [3.8, 4) is 0 Å². The minimum absolute atomic E-state index is 0.237. The minimum atomic E-state index is -0.814. The van der Waals surface area contributed by atoms with Gasteiger partial charge in [0.05, 0.1) is 21.5 Å². The van der Waals surface area contributed by atoms with Gasteiger partial charge in [0.2, 0.25) is 0 Å². The molecule has 0 saturated heterocycles. The number of carbonyl (C=O) groups is 2. The SMILES string of the molecule is CCCCNC(=O)c1cccc(NC(=O)c2cc([N+](=O)[O-])cc([N+](=O)[O-])c2)c1. The summed E-state index contributed by atoms with van der Waals surface area (Å²) in [6.45, 7) is 2.53. The van der Waals surface area contributed by atoms with Crippen LogP contribution in [0.25, 0.3) is 0 Å². The maximum absolute atomic E-state index is 12.4. The van der Waals surface area contributed by atoms with E-state index in [-0.39, 0.29) is 17.2 Å². The summed E-state index contributed by atoms with van der Waals surface area (Å²) in [5.41, 5.74) is -0.758. The predicted molar refractivity (Wildman–Crippen MR) is 101 cm³/mol. The van der Waals surface area contributed by atoms with Crippen LogP contribution >= 0.6 is 0 Å². The van der Waals surface area contributed by atoms with Crippen molar-refractivity contribution in [1.29, 1.82) is 0 Å². The predicted octanol–water partition coefficient (Wildman–Crippen LogP) is 3.29. The summed E-state index contributed by atoms with van der Waals surface area (Å²) in [4.78, 5) is 44.7. The van der Waals surface area contributed by atoms with Crippen molar-refractivity contribution in [2.75, 3.05) is 11.9 Å². The van der Waals surface area contributed by atoms with E-state index in [1.807, 2.05) is 6.92 Å².